The zero-order valence-electron chi connectivity index (χ0n) is 7.16. The maximum Gasteiger partial charge on any atom is 0.248 e. The molecule has 0 aliphatic heterocycles. The standard InChI is InChI=1S/C10H11NO2/c1-7(6-12)8-2-4-9(5-3-8)10(11)13/h2-5,12H,1,6H2,(H2,11,13). The molecule has 0 atom stereocenters. The molecule has 3 nitrogen and oxygen atoms in total. The monoisotopic (exact) mass is 177 g/mol. The van der Waals surface area contributed by atoms with Crippen molar-refractivity contribution >= 4 is 11.5 Å². The highest BCUT2D eigenvalue weighted by atomic mass is 16.3. The highest BCUT2D eigenvalue weighted by Crippen LogP contribution is 2.12. The SMILES string of the molecule is C=C(CO)c1ccc(C(N)=O)cc1. The highest BCUT2D eigenvalue weighted by molar-refractivity contribution is 5.93. The van der Waals surface area contributed by atoms with Crippen LogP contribution in [-0.4, -0.2) is 17.6 Å². The van der Waals surface area contributed by atoms with E-state index < -0.39 is 5.91 Å². The van der Waals surface area contributed by atoms with Gasteiger partial charge in [-0.15, -0.1) is 0 Å². The van der Waals surface area contributed by atoms with E-state index in [0.29, 0.717) is 11.1 Å². The van der Waals surface area contributed by atoms with E-state index in [0.717, 1.165) is 5.56 Å². The van der Waals surface area contributed by atoms with Crippen molar-refractivity contribution in [2.24, 2.45) is 5.73 Å². The summed E-state index contributed by atoms with van der Waals surface area (Å²) in [6.07, 6.45) is 0. The largest absolute Gasteiger partial charge is 0.392 e. The summed E-state index contributed by atoms with van der Waals surface area (Å²) in [6.45, 7) is 3.56. The van der Waals surface area contributed by atoms with Gasteiger partial charge >= 0.3 is 0 Å². The van der Waals surface area contributed by atoms with Crippen LogP contribution in [0, 0.1) is 0 Å². The van der Waals surface area contributed by atoms with Crippen LogP contribution in [0.25, 0.3) is 5.57 Å². The van der Waals surface area contributed by atoms with Crippen molar-refractivity contribution < 1.29 is 9.90 Å². The molecule has 1 amide bonds. The number of aliphatic hydroxyl groups excluding tert-OH is 1. The molecule has 0 radical (unpaired) electrons. The fourth-order valence-electron chi connectivity index (χ4n) is 0.961. The summed E-state index contributed by atoms with van der Waals surface area (Å²) in [5.41, 5.74) is 6.95. The van der Waals surface area contributed by atoms with Gasteiger partial charge in [0.25, 0.3) is 0 Å². The smallest absolute Gasteiger partial charge is 0.248 e. The predicted molar refractivity (Wildman–Crippen MR) is 51.1 cm³/mol. The highest BCUT2D eigenvalue weighted by Gasteiger charge is 2.00. The molecule has 0 saturated heterocycles. The van der Waals surface area contributed by atoms with E-state index in [2.05, 4.69) is 6.58 Å². The third kappa shape index (κ3) is 2.16. The van der Waals surface area contributed by atoms with Crippen LogP contribution in [0.3, 0.4) is 0 Å². The van der Waals surface area contributed by atoms with Crippen molar-refractivity contribution in [2.75, 3.05) is 6.61 Å². The molecule has 0 aliphatic rings. The first-order valence-electron chi connectivity index (χ1n) is 3.84. The van der Waals surface area contributed by atoms with Crippen LogP contribution in [0.15, 0.2) is 30.8 Å². The molecule has 3 heteroatoms. The van der Waals surface area contributed by atoms with Crippen LogP contribution >= 0.6 is 0 Å². The van der Waals surface area contributed by atoms with Crippen molar-refractivity contribution in [1.82, 2.24) is 0 Å². The maximum absolute atomic E-state index is 10.7. The number of carbonyl (C=O) groups excluding carboxylic acids is 1. The van der Waals surface area contributed by atoms with Gasteiger partial charge in [-0.3, -0.25) is 4.79 Å². The number of nitrogens with two attached hydrogens (primary N) is 1. The molecule has 1 aromatic carbocycles. The lowest BCUT2D eigenvalue weighted by Crippen LogP contribution is -2.10. The van der Waals surface area contributed by atoms with Gasteiger partial charge in [0, 0.05) is 5.56 Å². The third-order valence-corrected chi connectivity index (χ3v) is 1.77. The van der Waals surface area contributed by atoms with Crippen molar-refractivity contribution in [3.05, 3.63) is 42.0 Å². The van der Waals surface area contributed by atoms with Gasteiger partial charge in [-0.2, -0.15) is 0 Å². The van der Waals surface area contributed by atoms with Crippen LogP contribution < -0.4 is 5.73 Å². The molecular formula is C10H11NO2. The molecule has 3 N–H and O–H groups in total. The van der Waals surface area contributed by atoms with Gasteiger partial charge in [0.1, 0.15) is 0 Å². The Morgan fingerprint density at radius 2 is 1.77 bits per heavy atom. The van der Waals surface area contributed by atoms with Crippen molar-refractivity contribution in [1.29, 1.82) is 0 Å². The Kier molecular flexibility index (Phi) is 2.82. The summed E-state index contributed by atoms with van der Waals surface area (Å²) < 4.78 is 0. The number of amides is 1. The Morgan fingerprint density at radius 3 is 2.15 bits per heavy atom. The van der Waals surface area contributed by atoms with Crippen molar-refractivity contribution in [3.63, 3.8) is 0 Å². The van der Waals surface area contributed by atoms with Crippen LogP contribution in [0.4, 0.5) is 0 Å². The lowest BCUT2D eigenvalue weighted by molar-refractivity contribution is 0.100. The summed E-state index contributed by atoms with van der Waals surface area (Å²) in [4.78, 5) is 10.7. The molecule has 68 valence electrons. The summed E-state index contributed by atoms with van der Waals surface area (Å²) in [5.74, 6) is -0.457. The number of hydrogen-bond acceptors (Lipinski definition) is 2. The second-order valence-electron chi connectivity index (χ2n) is 2.70. The molecule has 0 aromatic heterocycles. The van der Waals surface area contributed by atoms with Crippen LogP contribution in [0.1, 0.15) is 15.9 Å². The summed E-state index contributed by atoms with van der Waals surface area (Å²) in [5, 5.41) is 8.78. The molecule has 0 spiro atoms. The van der Waals surface area contributed by atoms with E-state index in [-0.39, 0.29) is 6.61 Å². The Hall–Kier alpha value is -1.61. The maximum atomic E-state index is 10.7. The predicted octanol–water partition coefficient (Wildman–Crippen LogP) is 0.791. The molecule has 0 unspecified atom stereocenters. The van der Waals surface area contributed by atoms with Crippen LogP contribution in [0.2, 0.25) is 0 Å². The summed E-state index contributed by atoms with van der Waals surface area (Å²) >= 11 is 0. The lowest BCUT2D eigenvalue weighted by atomic mass is 10.1. The van der Waals surface area contributed by atoms with E-state index in [9.17, 15) is 4.79 Å². The number of rotatable bonds is 3. The number of hydrogen-bond donors (Lipinski definition) is 2. The summed E-state index contributed by atoms with van der Waals surface area (Å²) in [7, 11) is 0. The number of carbonyl (C=O) groups is 1. The first-order valence-corrected chi connectivity index (χ1v) is 3.84. The van der Waals surface area contributed by atoms with Gasteiger partial charge in [-0.25, -0.2) is 0 Å². The van der Waals surface area contributed by atoms with Crippen molar-refractivity contribution in [2.45, 2.75) is 0 Å². The zero-order valence-corrected chi connectivity index (χ0v) is 7.16. The van der Waals surface area contributed by atoms with E-state index >= 15 is 0 Å². The average Bonchev–Trinajstić information content (AvgIpc) is 2.17. The van der Waals surface area contributed by atoms with Crippen LogP contribution in [-0.2, 0) is 0 Å². The number of benzene rings is 1. The van der Waals surface area contributed by atoms with Gasteiger partial charge in [-0.05, 0) is 23.3 Å². The Balaban J connectivity index is 2.93. The number of primary amides is 1. The van der Waals surface area contributed by atoms with Gasteiger partial charge in [0.15, 0.2) is 0 Å². The normalized spacial score (nSPS) is 9.62. The Bertz CT molecular complexity index is 327. The molecule has 13 heavy (non-hydrogen) atoms. The molecule has 0 aliphatic carbocycles. The van der Waals surface area contributed by atoms with E-state index in [1.807, 2.05) is 0 Å². The number of aliphatic hydroxyl groups is 1. The van der Waals surface area contributed by atoms with E-state index in [1.165, 1.54) is 0 Å². The minimum Gasteiger partial charge on any atom is -0.392 e. The van der Waals surface area contributed by atoms with Crippen molar-refractivity contribution in [3.8, 4) is 0 Å². The van der Waals surface area contributed by atoms with Gasteiger partial charge in [0.05, 0.1) is 6.61 Å². The Labute approximate surface area is 76.5 Å². The second-order valence-corrected chi connectivity index (χ2v) is 2.70. The minimum atomic E-state index is -0.457. The minimum absolute atomic E-state index is 0.0874. The lowest BCUT2D eigenvalue weighted by Gasteiger charge is -2.02. The quantitative estimate of drug-likeness (QED) is 0.717. The average molecular weight is 177 g/mol. The Morgan fingerprint density at radius 1 is 1.31 bits per heavy atom. The van der Waals surface area contributed by atoms with Crippen LogP contribution in [0.5, 0.6) is 0 Å². The van der Waals surface area contributed by atoms with Gasteiger partial charge < -0.3 is 10.8 Å². The van der Waals surface area contributed by atoms with E-state index in [1.54, 1.807) is 24.3 Å². The first kappa shape index (κ1) is 9.48. The third-order valence-electron chi connectivity index (χ3n) is 1.77. The topological polar surface area (TPSA) is 63.3 Å². The fourth-order valence-corrected chi connectivity index (χ4v) is 0.961. The molecule has 0 bridgehead atoms. The van der Waals surface area contributed by atoms with E-state index in [4.69, 9.17) is 10.8 Å². The fraction of sp³-hybridized carbons (Fsp3) is 0.100. The molecule has 0 fully saturated rings. The van der Waals surface area contributed by atoms with Gasteiger partial charge in [-0.1, -0.05) is 18.7 Å². The molecule has 0 saturated carbocycles. The first-order chi connectivity index (χ1) is 6.15. The van der Waals surface area contributed by atoms with Gasteiger partial charge in [0.2, 0.25) is 5.91 Å². The molecule has 1 rings (SSSR count). The molecule has 1 aromatic rings. The summed E-state index contributed by atoms with van der Waals surface area (Å²) in [6, 6.07) is 6.63. The molecule has 0 heterocycles. The second kappa shape index (κ2) is 3.87. The zero-order chi connectivity index (χ0) is 9.84. The molecular weight excluding hydrogens is 166 g/mol.